The Bertz CT molecular complexity index is 626. The van der Waals surface area contributed by atoms with Gasteiger partial charge >= 0.3 is 0 Å². The molecule has 0 aliphatic rings. The number of nitrogens with zero attached hydrogens (tertiary/aromatic N) is 1. The van der Waals surface area contributed by atoms with E-state index in [-0.39, 0.29) is 18.2 Å². The zero-order chi connectivity index (χ0) is 15.9. The molecule has 116 valence electrons. The number of thiophene rings is 1. The van der Waals surface area contributed by atoms with Gasteiger partial charge in [-0.2, -0.15) is 0 Å². The van der Waals surface area contributed by atoms with Crippen molar-refractivity contribution in [2.24, 2.45) is 0 Å². The van der Waals surface area contributed by atoms with Gasteiger partial charge in [0.25, 0.3) is 5.91 Å². The minimum Gasteiger partial charge on any atom is -0.352 e. The summed E-state index contributed by atoms with van der Waals surface area (Å²) in [6.45, 7) is 0.913. The molecule has 2 rings (SSSR count). The summed E-state index contributed by atoms with van der Waals surface area (Å²) >= 11 is 7.40. The molecule has 0 bridgehead atoms. The van der Waals surface area contributed by atoms with Crippen LogP contribution in [-0.4, -0.2) is 30.3 Å². The Morgan fingerprint density at radius 2 is 1.95 bits per heavy atom. The van der Waals surface area contributed by atoms with Crippen molar-refractivity contribution in [2.75, 3.05) is 13.6 Å². The van der Waals surface area contributed by atoms with Crippen molar-refractivity contribution in [3.8, 4) is 0 Å². The van der Waals surface area contributed by atoms with Crippen LogP contribution >= 0.6 is 22.9 Å². The fraction of sp³-hybridized carbons (Fsp3) is 0.250. The molecule has 1 aromatic carbocycles. The normalized spacial score (nSPS) is 10.3. The average molecular weight is 337 g/mol. The van der Waals surface area contributed by atoms with Crippen LogP contribution in [0.15, 0.2) is 41.8 Å². The molecule has 1 heterocycles. The molecule has 2 aromatic rings. The third-order valence-corrected chi connectivity index (χ3v) is 4.24. The van der Waals surface area contributed by atoms with Gasteiger partial charge in [0.2, 0.25) is 5.91 Å². The van der Waals surface area contributed by atoms with E-state index in [1.807, 2.05) is 17.5 Å². The number of halogens is 1. The van der Waals surface area contributed by atoms with E-state index in [0.29, 0.717) is 23.7 Å². The van der Waals surface area contributed by atoms with Crippen LogP contribution in [0.25, 0.3) is 0 Å². The Hall–Kier alpha value is -1.85. The average Bonchev–Trinajstić information content (AvgIpc) is 3.00. The molecule has 0 radical (unpaired) electrons. The number of amides is 2. The quantitative estimate of drug-likeness (QED) is 0.880. The highest BCUT2D eigenvalue weighted by Gasteiger charge is 2.11. The number of rotatable bonds is 6. The van der Waals surface area contributed by atoms with Crippen LogP contribution in [0.3, 0.4) is 0 Å². The first kappa shape index (κ1) is 16.5. The second-order valence-corrected chi connectivity index (χ2v) is 6.31. The highest BCUT2D eigenvalue weighted by molar-refractivity contribution is 7.09. The third kappa shape index (κ3) is 4.86. The Kier molecular flexibility index (Phi) is 5.98. The van der Waals surface area contributed by atoms with E-state index < -0.39 is 0 Å². The molecule has 0 unspecified atom stereocenters. The van der Waals surface area contributed by atoms with E-state index in [0.717, 1.165) is 4.88 Å². The molecular formula is C16H17ClN2O2S. The summed E-state index contributed by atoms with van der Waals surface area (Å²) in [6.07, 6.45) is 0.279. The smallest absolute Gasteiger partial charge is 0.251 e. The minimum absolute atomic E-state index is 0.00445. The van der Waals surface area contributed by atoms with Crippen molar-refractivity contribution in [1.29, 1.82) is 0 Å². The fourth-order valence-corrected chi connectivity index (χ4v) is 2.78. The molecule has 4 nitrogen and oxygen atoms in total. The first-order valence-corrected chi connectivity index (χ1v) is 8.12. The molecule has 1 N–H and O–H groups in total. The maximum atomic E-state index is 12.0. The van der Waals surface area contributed by atoms with E-state index in [9.17, 15) is 9.59 Å². The second kappa shape index (κ2) is 7.96. The molecule has 6 heteroatoms. The SMILES string of the molecule is CN(Cc1cccs1)C(=O)CCNC(=O)c1ccc(Cl)cc1. The number of hydrogen-bond donors (Lipinski definition) is 1. The fourth-order valence-electron chi connectivity index (χ4n) is 1.90. The molecule has 2 amide bonds. The number of benzene rings is 1. The summed E-state index contributed by atoms with van der Waals surface area (Å²) in [5.74, 6) is -0.199. The first-order chi connectivity index (χ1) is 10.6. The molecule has 0 saturated heterocycles. The van der Waals surface area contributed by atoms with Gasteiger partial charge in [-0.3, -0.25) is 9.59 Å². The standard InChI is InChI=1S/C16H17ClN2O2S/c1-19(11-14-3-2-10-22-14)15(20)8-9-18-16(21)12-4-6-13(17)7-5-12/h2-7,10H,8-9,11H2,1H3,(H,18,21). The molecule has 0 aliphatic carbocycles. The number of carbonyl (C=O) groups excluding carboxylic acids is 2. The molecular weight excluding hydrogens is 320 g/mol. The Morgan fingerprint density at radius 1 is 1.23 bits per heavy atom. The Balaban J connectivity index is 1.74. The van der Waals surface area contributed by atoms with E-state index in [1.165, 1.54) is 0 Å². The third-order valence-electron chi connectivity index (χ3n) is 3.13. The first-order valence-electron chi connectivity index (χ1n) is 6.86. The van der Waals surface area contributed by atoms with Crippen LogP contribution in [0.5, 0.6) is 0 Å². The van der Waals surface area contributed by atoms with E-state index in [4.69, 9.17) is 11.6 Å². The summed E-state index contributed by atoms with van der Waals surface area (Å²) in [6, 6.07) is 10.6. The van der Waals surface area contributed by atoms with Gasteiger partial charge in [-0.05, 0) is 35.7 Å². The Labute approximate surface area is 138 Å². The number of nitrogens with one attached hydrogen (secondary N) is 1. The van der Waals surface area contributed by atoms with Crippen LogP contribution in [0.2, 0.25) is 5.02 Å². The lowest BCUT2D eigenvalue weighted by molar-refractivity contribution is -0.130. The van der Waals surface area contributed by atoms with Gasteiger partial charge in [-0.15, -0.1) is 11.3 Å². The lowest BCUT2D eigenvalue weighted by atomic mass is 10.2. The lowest BCUT2D eigenvalue weighted by Crippen LogP contribution is -2.31. The van der Waals surface area contributed by atoms with Gasteiger partial charge in [0.05, 0.1) is 6.54 Å². The van der Waals surface area contributed by atoms with Gasteiger partial charge in [0.1, 0.15) is 0 Å². The molecule has 22 heavy (non-hydrogen) atoms. The van der Waals surface area contributed by atoms with Crippen molar-refractivity contribution >= 4 is 34.8 Å². The van der Waals surface area contributed by atoms with E-state index >= 15 is 0 Å². The maximum Gasteiger partial charge on any atom is 0.251 e. The van der Waals surface area contributed by atoms with Gasteiger partial charge in [0.15, 0.2) is 0 Å². The summed E-state index contributed by atoms with van der Waals surface area (Å²) in [5.41, 5.74) is 0.531. The van der Waals surface area contributed by atoms with Gasteiger partial charge in [-0.25, -0.2) is 0 Å². The lowest BCUT2D eigenvalue weighted by Gasteiger charge is -2.16. The van der Waals surface area contributed by atoms with Crippen LogP contribution in [-0.2, 0) is 11.3 Å². The van der Waals surface area contributed by atoms with Crippen molar-refractivity contribution < 1.29 is 9.59 Å². The van der Waals surface area contributed by atoms with E-state index in [2.05, 4.69) is 5.32 Å². The molecule has 0 saturated carbocycles. The second-order valence-electron chi connectivity index (χ2n) is 4.84. The highest BCUT2D eigenvalue weighted by Crippen LogP contribution is 2.11. The number of carbonyl (C=O) groups is 2. The highest BCUT2D eigenvalue weighted by atomic mass is 35.5. The predicted octanol–water partition coefficient (Wildman–Crippen LogP) is 3.18. The zero-order valence-electron chi connectivity index (χ0n) is 12.2. The zero-order valence-corrected chi connectivity index (χ0v) is 13.8. The van der Waals surface area contributed by atoms with Crippen LogP contribution in [0, 0.1) is 0 Å². The monoisotopic (exact) mass is 336 g/mol. The number of hydrogen-bond acceptors (Lipinski definition) is 3. The van der Waals surface area contributed by atoms with Crippen molar-refractivity contribution in [1.82, 2.24) is 10.2 Å². The molecule has 0 aliphatic heterocycles. The minimum atomic E-state index is -0.203. The van der Waals surface area contributed by atoms with Gasteiger partial charge < -0.3 is 10.2 Å². The largest absolute Gasteiger partial charge is 0.352 e. The summed E-state index contributed by atoms with van der Waals surface area (Å²) in [5, 5.41) is 5.31. The van der Waals surface area contributed by atoms with Crippen LogP contribution < -0.4 is 5.32 Å². The predicted molar refractivity (Wildman–Crippen MR) is 89.2 cm³/mol. The topological polar surface area (TPSA) is 49.4 Å². The van der Waals surface area contributed by atoms with Gasteiger partial charge in [0, 0.05) is 35.5 Å². The summed E-state index contributed by atoms with van der Waals surface area (Å²) < 4.78 is 0. The summed E-state index contributed by atoms with van der Waals surface area (Å²) in [7, 11) is 1.77. The maximum absolute atomic E-state index is 12.0. The molecule has 0 fully saturated rings. The van der Waals surface area contributed by atoms with Gasteiger partial charge in [-0.1, -0.05) is 17.7 Å². The van der Waals surface area contributed by atoms with Crippen LogP contribution in [0.4, 0.5) is 0 Å². The molecule has 1 aromatic heterocycles. The molecule has 0 spiro atoms. The molecule has 0 atom stereocenters. The van der Waals surface area contributed by atoms with Crippen molar-refractivity contribution in [2.45, 2.75) is 13.0 Å². The van der Waals surface area contributed by atoms with Crippen molar-refractivity contribution in [3.63, 3.8) is 0 Å². The van der Waals surface area contributed by atoms with E-state index in [1.54, 1.807) is 47.5 Å². The Morgan fingerprint density at radius 3 is 2.59 bits per heavy atom. The van der Waals surface area contributed by atoms with Crippen LogP contribution in [0.1, 0.15) is 21.7 Å². The summed E-state index contributed by atoms with van der Waals surface area (Å²) in [4.78, 5) is 26.7. The van der Waals surface area contributed by atoms with Crippen molar-refractivity contribution in [3.05, 3.63) is 57.2 Å².